The molecule has 1 aliphatic heterocycles. The first-order valence-electron chi connectivity index (χ1n) is 10.1. The molecule has 3 rings (SSSR count). The van der Waals surface area contributed by atoms with Gasteiger partial charge in [0.15, 0.2) is 0 Å². The molecule has 0 unspecified atom stereocenters. The van der Waals surface area contributed by atoms with Crippen LogP contribution in [0.5, 0.6) is 5.75 Å². The first-order chi connectivity index (χ1) is 14.2. The van der Waals surface area contributed by atoms with Crippen molar-refractivity contribution in [2.75, 3.05) is 44.6 Å². The third kappa shape index (κ3) is 6.31. The van der Waals surface area contributed by atoms with E-state index in [0.29, 0.717) is 24.5 Å². The van der Waals surface area contributed by atoms with Gasteiger partial charge in [-0.3, -0.25) is 14.6 Å². The van der Waals surface area contributed by atoms with E-state index in [9.17, 15) is 4.79 Å². The van der Waals surface area contributed by atoms with Crippen LogP contribution >= 0.6 is 0 Å². The summed E-state index contributed by atoms with van der Waals surface area (Å²) in [7, 11) is 0. The summed E-state index contributed by atoms with van der Waals surface area (Å²) in [5.74, 6) is 0.686. The van der Waals surface area contributed by atoms with Crippen LogP contribution in [-0.2, 0) is 11.3 Å². The summed E-state index contributed by atoms with van der Waals surface area (Å²) >= 11 is 0. The Bertz CT molecular complexity index is 845. The second-order valence-electron chi connectivity index (χ2n) is 7.19. The molecular formula is C23H28N4O2. The fourth-order valence-electron chi connectivity index (χ4n) is 3.53. The largest absolute Gasteiger partial charge is 0.492 e. The zero-order valence-electron chi connectivity index (χ0n) is 16.9. The maximum absolute atomic E-state index is 12.5. The second kappa shape index (κ2) is 10.6. The van der Waals surface area contributed by atoms with Crippen molar-refractivity contribution in [3.8, 4) is 11.8 Å². The van der Waals surface area contributed by atoms with Crippen molar-refractivity contribution in [1.29, 1.82) is 5.26 Å². The Morgan fingerprint density at radius 1 is 1.07 bits per heavy atom. The average molecular weight is 393 g/mol. The SMILES string of the molecule is CCOc1ccccc1NC(=O)CN1CCCN(Cc2ccc(C#N)cc2)CC1. The fourth-order valence-corrected chi connectivity index (χ4v) is 3.53. The van der Waals surface area contributed by atoms with Gasteiger partial charge in [-0.1, -0.05) is 24.3 Å². The van der Waals surface area contributed by atoms with E-state index in [0.717, 1.165) is 44.8 Å². The van der Waals surface area contributed by atoms with E-state index in [1.165, 1.54) is 5.56 Å². The molecule has 29 heavy (non-hydrogen) atoms. The number of nitriles is 1. The highest BCUT2D eigenvalue weighted by atomic mass is 16.5. The lowest BCUT2D eigenvalue weighted by molar-refractivity contribution is -0.117. The summed E-state index contributed by atoms with van der Waals surface area (Å²) in [5.41, 5.74) is 2.62. The van der Waals surface area contributed by atoms with E-state index in [-0.39, 0.29) is 5.91 Å². The molecule has 0 bridgehead atoms. The lowest BCUT2D eigenvalue weighted by atomic mass is 10.1. The van der Waals surface area contributed by atoms with Crippen molar-refractivity contribution in [3.05, 3.63) is 59.7 Å². The molecule has 2 aromatic rings. The van der Waals surface area contributed by atoms with Crippen LogP contribution in [0.2, 0.25) is 0 Å². The molecule has 0 aromatic heterocycles. The number of carbonyl (C=O) groups excluding carboxylic acids is 1. The number of anilines is 1. The molecule has 0 atom stereocenters. The number of rotatable bonds is 7. The highest BCUT2D eigenvalue weighted by Crippen LogP contribution is 2.23. The van der Waals surface area contributed by atoms with Crippen molar-refractivity contribution in [2.45, 2.75) is 19.9 Å². The van der Waals surface area contributed by atoms with Crippen LogP contribution in [0, 0.1) is 11.3 Å². The minimum absolute atomic E-state index is 0.0160. The van der Waals surface area contributed by atoms with Crippen molar-refractivity contribution in [2.24, 2.45) is 0 Å². The van der Waals surface area contributed by atoms with E-state index < -0.39 is 0 Å². The van der Waals surface area contributed by atoms with Gasteiger partial charge in [0.25, 0.3) is 0 Å². The Morgan fingerprint density at radius 2 is 1.79 bits per heavy atom. The Hall–Kier alpha value is -2.88. The zero-order chi connectivity index (χ0) is 20.5. The molecule has 6 nitrogen and oxygen atoms in total. The fraction of sp³-hybridized carbons (Fsp3) is 0.391. The standard InChI is InChI=1S/C23H28N4O2/c1-2-29-22-7-4-3-6-21(22)25-23(28)18-27-13-5-12-26(14-15-27)17-20-10-8-19(16-24)9-11-20/h3-4,6-11H,2,5,12-15,17-18H2,1H3,(H,25,28). The third-order valence-electron chi connectivity index (χ3n) is 5.00. The van der Waals surface area contributed by atoms with E-state index in [1.54, 1.807) is 0 Å². The number of hydrogen-bond donors (Lipinski definition) is 1. The first kappa shape index (κ1) is 20.8. The van der Waals surface area contributed by atoms with Crippen LogP contribution in [0.4, 0.5) is 5.69 Å². The smallest absolute Gasteiger partial charge is 0.238 e. The Kier molecular flexibility index (Phi) is 7.62. The van der Waals surface area contributed by atoms with Gasteiger partial charge < -0.3 is 10.1 Å². The van der Waals surface area contributed by atoms with Gasteiger partial charge in [-0.2, -0.15) is 5.26 Å². The van der Waals surface area contributed by atoms with Crippen LogP contribution in [0.25, 0.3) is 0 Å². The molecule has 0 spiro atoms. The maximum Gasteiger partial charge on any atom is 0.238 e. The molecular weight excluding hydrogens is 364 g/mol. The van der Waals surface area contributed by atoms with Gasteiger partial charge in [0.05, 0.1) is 30.5 Å². The lowest BCUT2D eigenvalue weighted by Crippen LogP contribution is -2.36. The Balaban J connectivity index is 1.49. The monoisotopic (exact) mass is 392 g/mol. The quantitative estimate of drug-likeness (QED) is 0.784. The van der Waals surface area contributed by atoms with Gasteiger partial charge in [0, 0.05) is 19.6 Å². The molecule has 0 saturated carbocycles. The van der Waals surface area contributed by atoms with E-state index >= 15 is 0 Å². The number of benzene rings is 2. The summed E-state index contributed by atoms with van der Waals surface area (Å²) in [5, 5.41) is 11.9. The van der Waals surface area contributed by atoms with Crippen LogP contribution in [-0.4, -0.2) is 55.0 Å². The number of ether oxygens (including phenoxy) is 1. The predicted octanol–water partition coefficient (Wildman–Crippen LogP) is 3.10. The topological polar surface area (TPSA) is 68.6 Å². The number of nitrogens with zero attached hydrogens (tertiary/aromatic N) is 3. The van der Waals surface area contributed by atoms with Gasteiger partial charge in [0.2, 0.25) is 5.91 Å². The molecule has 1 fully saturated rings. The van der Waals surface area contributed by atoms with Crippen molar-refractivity contribution in [3.63, 3.8) is 0 Å². The van der Waals surface area contributed by atoms with Gasteiger partial charge in [-0.15, -0.1) is 0 Å². The zero-order valence-corrected chi connectivity index (χ0v) is 16.9. The Labute approximate surface area is 172 Å². The molecule has 152 valence electrons. The number of carbonyl (C=O) groups is 1. The molecule has 2 aromatic carbocycles. The Morgan fingerprint density at radius 3 is 2.55 bits per heavy atom. The number of amides is 1. The van der Waals surface area contributed by atoms with Gasteiger partial charge in [-0.05, 0) is 56.3 Å². The molecule has 1 aliphatic rings. The summed E-state index contributed by atoms with van der Waals surface area (Å²) < 4.78 is 5.58. The minimum atomic E-state index is -0.0160. The van der Waals surface area contributed by atoms with Gasteiger partial charge in [-0.25, -0.2) is 0 Å². The minimum Gasteiger partial charge on any atom is -0.492 e. The predicted molar refractivity (Wildman–Crippen MR) is 114 cm³/mol. The summed E-state index contributed by atoms with van der Waals surface area (Å²) in [6.45, 7) is 7.43. The lowest BCUT2D eigenvalue weighted by Gasteiger charge is -2.21. The summed E-state index contributed by atoms with van der Waals surface area (Å²) in [6, 6.07) is 17.4. The van der Waals surface area contributed by atoms with E-state index in [2.05, 4.69) is 21.2 Å². The molecule has 1 N–H and O–H groups in total. The highest BCUT2D eigenvalue weighted by molar-refractivity contribution is 5.93. The normalized spacial score (nSPS) is 15.3. The maximum atomic E-state index is 12.5. The van der Waals surface area contributed by atoms with Crippen LogP contribution in [0.3, 0.4) is 0 Å². The highest BCUT2D eigenvalue weighted by Gasteiger charge is 2.18. The van der Waals surface area contributed by atoms with Crippen molar-refractivity contribution in [1.82, 2.24) is 9.80 Å². The van der Waals surface area contributed by atoms with E-state index in [1.807, 2.05) is 55.5 Å². The molecule has 1 amide bonds. The van der Waals surface area contributed by atoms with Gasteiger partial charge >= 0.3 is 0 Å². The molecule has 1 heterocycles. The van der Waals surface area contributed by atoms with Crippen LogP contribution in [0.1, 0.15) is 24.5 Å². The molecule has 0 radical (unpaired) electrons. The third-order valence-corrected chi connectivity index (χ3v) is 5.00. The van der Waals surface area contributed by atoms with Crippen molar-refractivity contribution < 1.29 is 9.53 Å². The summed E-state index contributed by atoms with van der Waals surface area (Å²) in [6.07, 6.45) is 1.03. The number of para-hydroxylation sites is 2. The van der Waals surface area contributed by atoms with Crippen LogP contribution in [0.15, 0.2) is 48.5 Å². The molecule has 6 heteroatoms. The number of nitrogens with one attached hydrogen (secondary N) is 1. The first-order valence-corrected chi connectivity index (χ1v) is 10.1. The second-order valence-corrected chi connectivity index (χ2v) is 7.19. The van der Waals surface area contributed by atoms with Crippen molar-refractivity contribution >= 4 is 11.6 Å². The molecule has 0 aliphatic carbocycles. The van der Waals surface area contributed by atoms with Crippen LogP contribution < -0.4 is 10.1 Å². The van der Waals surface area contributed by atoms with Gasteiger partial charge in [0.1, 0.15) is 5.75 Å². The summed E-state index contributed by atoms with van der Waals surface area (Å²) in [4.78, 5) is 17.1. The average Bonchev–Trinajstić information content (AvgIpc) is 2.95. The molecule has 1 saturated heterocycles. The van der Waals surface area contributed by atoms with E-state index in [4.69, 9.17) is 10.00 Å². The number of hydrogen-bond acceptors (Lipinski definition) is 5.